The Hall–Kier alpha value is -3.15. The van der Waals surface area contributed by atoms with Crippen LogP contribution in [0.3, 0.4) is 0 Å². The number of hydrogen-bond donors (Lipinski definition) is 1. The quantitative estimate of drug-likeness (QED) is 0.633. The molecular weight excluding hydrogens is 388 g/mol. The van der Waals surface area contributed by atoms with Gasteiger partial charge in [-0.1, -0.05) is 31.2 Å². The van der Waals surface area contributed by atoms with Crippen molar-refractivity contribution >= 4 is 16.9 Å². The van der Waals surface area contributed by atoms with E-state index in [0.717, 1.165) is 11.3 Å². The molecule has 0 saturated carbocycles. The van der Waals surface area contributed by atoms with Crippen molar-refractivity contribution in [1.29, 1.82) is 0 Å². The number of aryl methyl sites for hydroxylation is 1. The number of hydrogen-bond acceptors (Lipinski definition) is 3. The average molecular weight is 421 g/mol. The minimum absolute atomic E-state index is 0.128. The molecule has 0 fully saturated rings. The molecule has 31 heavy (non-hydrogen) atoms. The van der Waals surface area contributed by atoms with Gasteiger partial charge in [0.1, 0.15) is 5.82 Å². The zero-order valence-electron chi connectivity index (χ0n) is 19.3. The number of nitrogens with zero attached hydrogens (tertiary/aromatic N) is 3. The van der Waals surface area contributed by atoms with Crippen molar-refractivity contribution in [2.45, 2.75) is 59.5 Å². The normalized spacial score (nSPS) is 12.6. The zero-order chi connectivity index (χ0) is 22.8. The molecule has 1 unspecified atom stereocenters. The first-order valence-corrected chi connectivity index (χ1v) is 10.8. The minimum atomic E-state index is -0.365. The van der Waals surface area contributed by atoms with Gasteiger partial charge in [0, 0.05) is 12.1 Å². The second-order valence-corrected chi connectivity index (χ2v) is 8.86. The van der Waals surface area contributed by atoms with E-state index in [1.165, 1.54) is 0 Å². The van der Waals surface area contributed by atoms with E-state index in [1.54, 1.807) is 15.5 Å². The van der Waals surface area contributed by atoms with Crippen molar-refractivity contribution in [3.8, 4) is 5.69 Å². The van der Waals surface area contributed by atoms with Crippen LogP contribution < -0.4 is 10.9 Å². The number of urea groups is 1. The number of benzene rings is 2. The number of amides is 2. The molecule has 164 valence electrons. The van der Waals surface area contributed by atoms with E-state index < -0.39 is 0 Å². The lowest BCUT2D eigenvalue weighted by Crippen LogP contribution is -2.50. The Labute approximate surface area is 183 Å². The number of carbonyl (C=O) groups is 1. The van der Waals surface area contributed by atoms with Gasteiger partial charge in [-0.25, -0.2) is 9.78 Å². The van der Waals surface area contributed by atoms with Crippen LogP contribution in [0.1, 0.15) is 58.5 Å². The summed E-state index contributed by atoms with van der Waals surface area (Å²) in [5, 5.41) is 3.61. The number of fused-ring (bicyclic) bond motifs is 1. The molecule has 1 aromatic heterocycles. The molecule has 1 N–H and O–H groups in total. The summed E-state index contributed by atoms with van der Waals surface area (Å²) >= 11 is 0. The number of para-hydroxylation sites is 1. The number of nitrogens with one attached hydrogen (secondary N) is 1. The Bertz CT molecular complexity index is 1140. The standard InChI is InChI=1S/C25H32N4O2/c1-7-21(28(8-2)24(31)27-25(4,5)6)22-26-20-15-10-9-14-19(20)23(30)29(22)18-13-11-12-17(3)16-18/h9-16,21H,7-8H2,1-6H3,(H,27,31). The molecule has 3 aromatic rings. The van der Waals surface area contributed by atoms with Crippen LogP contribution in [0.25, 0.3) is 16.6 Å². The van der Waals surface area contributed by atoms with E-state index in [1.807, 2.05) is 84.0 Å². The van der Waals surface area contributed by atoms with Crippen molar-refractivity contribution in [3.63, 3.8) is 0 Å². The van der Waals surface area contributed by atoms with Crippen molar-refractivity contribution in [1.82, 2.24) is 19.8 Å². The lowest BCUT2D eigenvalue weighted by atomic mass is 10.1. The lowest BCUT2D eigenvalue weighted by molar-refractivity contribution is 0.164. The smallest absolute Gasteiger partial charge is 0.318 e. The summed E-state index contributed by atoms with van der Waals surface area (Å²) in [7, 11) is 0. The van der Waals surface area contributed by atoms with E-state index in [9.17, 15) is 9.59 Å². The maximum absolute atomic E-state index is 13.6. The van der Waals surface area contributed by atoms with E-state index >= 15 is 0 Å². The van der Waals surface area contributed by atoms with Crippen LogP contribution in [0, 0.1) is 6.92 Å². The summed E-state index contributed by atoms with van der Waals surface area (Å²) in [6, 6.07) is 14.6. The SMILES string of the molecule is CCC(c1nc2ccccc2c(=O)n1-c1cccc(C)c1)N(CC)C(=O)NC(C)(C)C. The fourth-order valence-electron chi connectivity index (χ4n) is 3.83. The van der Waals surface area contributed by atoms with Gasteiger partial charge in [-0.05, 0) is 70.9 Å². The Morgan fingerprint density at radius 1 is 1.13 bits per heavy atom. The maximum Gasteiger partial charge on any atom is 0.318 e. The summed E-state index contributed by atoms with van der Waals surface area (Å²) in [4.78, 5) is 33.4. The third-order valence-electron chi connectivity index (χ3n) is 5.21. The molecule has 0 aliphatic carbocycles. The second-order valence-electron chi connectivity index (χ2n) is 8.86. The van der Waals surface area contributed by atoms with E-state index in [-0.39, 0.29) is 23.2 Å². The zero-order valence-corrected chi connectivity index (χ0v) is 19.3. The van der Waals surface area contributed by atoms with Gasteiger partial charge in [0.2, 0.25) is 0 Å². The molecule has 0 aliphatic rings. The van der Waals surface area contributed by atoms with Crippen LogP contribution in [0.4, 0.5) is 4.79 Å². The van der Waals surface area contributed by atoms with Crippen molar-refractivity contribution in [2.24, 2.45) is 0 Å². The topological polar surface area (TPSA) is 67.2 Å². The number of carbonyl (C=O) groups excluding carboxylic acids is 1. The molecule has 1 heterocycles. The van der Waals surface area contributed by atoms with Crippen LogP contribution >= 0.6 is 0 Å². The summed E-state index contributed by atoms with van der Waals surface area (Å²) < 4.78 is 1.66. The Kier molecular flexibility index (Phi) is 6.48. The fraction of sp³-hybridized carbons (Fsp3) is 0.400. The van der Waals surface area contributed by atoms with Crippen LogP contribution in [-0.4, -0.2) is 32.6 Å². The number of rotatable bonds is 5. The largest absolute Gasteiger partial charge is 0.333 e. The Balaban J connectivity index is 2.26. The molecule has 3 rings (SSSR count). The summed E-state index contributed by atoms with van der Waals surface area (Å²) in [6.45, 7) is 12.3. The molecule has 2 aromatic carbocycles. The maximum atomic E-state index is 13.6. The summed E-state index contributed by atoms with van der Waals surface area (Å²) in [5.74, 6) is 0.572. The molecule has 6 heteroatoms. The van der Waals surface area contributed by atoms with Crippen molar-refractivity contribution in [3.05, 3.63) is 70.3 Å². The minimum Gasteiger partial charge on any atom is -0.333 e. The van der Waals surface area contributed by atoms with E-state index in [2.05, 4.69) is 5.32 Å². The Morgan fingerprint density at radius 3 is 2.45 bits per heavy atom. The molecular formula is C25H32N4O2. The predicted octanol–water partition coefficient (Wildman–Crippen LogP) is 4.98. The third-order valence-corrected chi connectivity index (χ3v) is 5.21. The first-order chi connectivity index (χ1) is 14.7. The van der Waals surface area contributed by atoms with Gasteiger partial charge in [0.15, 0.2) is 0 Å². The first-order valence-electron chi connectivity index (χ1n) is 10.8. The second kappa shape index (κ2) is 8.92. The highest BCUT2D eigenvalue weighted by atomic mass is 16.2. The van der Waals surface area contributed by atoms with Gasteiger partial charge in [0.25, 0.3) is 5.56 Å². The molecule has 0 saturated heterocycles. The van der Waals surface area contributed by atoms with Gasteiger partial charge in [-0.15, -0.1) is 0 Å². The van der Waals surface area contributed by atoms with E-state index in [0.29, 0.717) is 29.7 Å². The first kappa shape index (κ1) is 22.5. The van der Waals surface area contributed by atoms with Crippen molar-refractivity contribution < 1.29 is 4.79 Å². The molecule has 0 bridgehead atoms. The van der Waals surface area contributed by atoms with Gasteiger partial charge < -0.3 is 10.2 Å². The monoisotopic (exact) mass is 420 g/mol. The van der Waals surface area contributed by atoms with Crippen LogP contribution in [0.5, 0.6) is 0 Å². The summed E-state index contributed by atoms with van der Waals surface area (Å²) in [5.41, 5.74) is 1.95. The van der Waals surface area contributed by atoms with Gasteiger partial charge in [-0.2, -0.15) is 0 Å². The fourth-order valence-corrected chi connectivity index (χ4v) is 3.83. The van der Waals surface area contributed by atoms with Crippen molar-refractivity contribution in [2.75, 3.05) is 6.54 Å². The average Bonchev–Trinajstić information content (AvgIpc) is 2.70. The molecule has 0 radical (unpaired) electrons. The van der Waals surface area contributed by atoms with Crippen LogP contribution in [0.15, 0.2) is 53.3 Å². The molecule has 0 spiro atoms. The van der Waals surface area contributed by atoms with Gasteiger partial charge in [-0.3, -0.25) is 9.36 Å². The Morgan fingerprint density at radius 2 is 1.84 bits per heavy atom. The highest BCUT2D eigenvalue weighted by Gasteiger charge is 2.29. The van der Waals surface area contributed by atoms with Gasteiger partial charge in [0.05, 0.1) is 22.6 Å². The van der Waals surface area contributed by atoms with Crippen LogP contribution in [0.2, 0.25) is 0 Å². The highest BCUT2D eigenvalue weighted by molar-refractivity contribution is 5.78. The third kappa shape index (κ3) is 4.79. The molecule has 1 atom stereocenters. The molecule has 6 nitrogen and oxygen atoms in total. The lowest BCUT2D eigenvalue weighted by Gasteiger charge is -2.34. The van der Waals surface area contributed by atoms with Gasteiger partial charge >= 0.3 is 6.03 Å². The summed E-state index contributed by atoms with van der Waals surface area (Å²) in [6.07, 6.45) is 0.627. The highest BCUT2D eigenvalue weighted by Crippen LogP contribution is 2.26. The van der Waals surface area contributed by atoms with Crippen LogP contribution in [-0.2, 0) is 0 Å². The number of aromatic nitrogens is 2. The van der Waals surface area contributed by atoms with E-state index in [4.69, 9.17) is 4.98 Å². The molecule has 2 amide bonds. The predicted molar refractivity (Wildman–Crippen MR) is 126 cm³/mol. The molecule has 0 aliphatic heterocycles.